The van der Waals surface area contributed by atoms with Gasteiger partial charge in [-0.2, -0.15) is 23.4 Å². The number of benzene rings is 2. The monoisotopic (exact) mass is 548 g/mol. The molecule has 0 aliphatic heterocycles. The SMILES string of the molecule is O=C(Nc1nn(Cc2ccc(Cl)cc2)cc1Cl)c1cc2nc(-c3ccc(F)cc3)cc(C(F)(F)F)n2n1. The Balaban J connectivity index is 1.44. The van der Waals surface area contributed by atoms with Gasteiger partial charge in [-0.15, -0.1) is 0 Å². The lowest BCUT2D eigenvalue weighted by molar-refractivity contribution is -0.142. The predicted molar refractivity (Wildman–Crippen MR) is 129 cm³/mol. The Morgan fingerprint density at radius 2 is 1.68 bits per heavy atom. The molecular formula is C24H14Cl2F4N6O. The summed E-state index contributed by atoms with van der Waals surface area (Å²) in [6.07, 6.45) is -3.31. The summed E-state index contributed by atoms with van der Waals surface area (Å²) in [5, 5.41) is 11.2. The van der Waals surface area contributed by atoms with E-state index in [9.17, 15) is 22.4 Å². The number of nitrogens with zero attached hydrogens (tertiary/aromatic N) is 5. The Bertz CT molecular complexity index is 1610. The predicted octanol–water partition coefficient (Wildman–Crippen LogP) is 6.36. The molecule has 2 aromatic carbocycles. The number of aromatic nitrogens is 5. The van der Waals surface area contributed by atoms with E-state index < -0.39 is 23.6 Å². The Morgan fingerprint density at radius 1 is 0.973 bits per heavy atom. The van der Waals surface area contributed by atoms with Crippen molar-refractivity contribution in [3.05, 3.63) is 99.7 Å². The number of nitrogens with one attached hydrogen (secondary N) is 1. The fourth-order valence-corrected chi connectivity index (χ4v) is 3.89. The molecule has 3 heterocycles. The number of amides is 1. The Hall–Kier alpha value is -3.96. The normalized spacial score (nSPS) is 11.7. The van der Waals surface area contributed by atoms with Gasteiger partial charge >= 0.3 is 6.18 Å². The van der Waals surface area contributed by atoms with Gasteiger partial charge in [-0.05, 0) is 48.0 Å². The fourth-order valence-electron chi connectivity index (χ4n) is 3.57. The molecule has 5 rings (SSSR count). The van der Waals surface area contributed by atoms with Crippen LogP contribution in [0.1, 0.15) is 21.7 Å². The molecule has 0 unspecified atom stereocenters. The zero-order valence-electron chi connectivity index (χ0n) is 18.5. The number of carbonyl (C=O) groups is 1. The maximum Gasteiger partial charge on any atom is 0.433 e. The minimum atomic E-state index is -4.81. The van der Waals surface area contributed by atoms with Crippen LogP contribution >= 0.6 is 23.2 Å². The first-order valence-corrected chi connectivity index (χ1v) is 11.3. The van der Waals surface area contributed by atoms with Crippen LogP contribution in [0.2, 0.25) is 10.0 Å². The van der Waals surface area contributed by atoms with E-state index in [1.165, 1.54) is 23.0 Å². The fraction of sp³-hybridized carbons (Fsp3) is 0.0833. The van der Waals surface area contributed by atoms with Crippen LogP contribution in [0.25, 0.3) is 16.9 Å². The standard InChI is InChI=1S/C24H14Cl2F4N6O/c25-15-5-1-13(2-6-15)11-35-12-17(26)22(34-35)32-23(37)19-10-21-31-18(14-3-7-16(27)8-4-14)9-20(24(28,29)30)36(21)33-19/h1-10,12H,11H2,(H,32,34,37). The molecule has 0 atom stereocenters. The maximum absolute atomic E-state index is 13.8. The zero-order chi connectivity index (χ0) is 26.3. The third kappa shape index (κ3) is 5.27. The topological polar surface area (TPSA) is 77.1 Å². The third-order valence-electron chi connectivity index (χ3n) is 5.30. The number of alkyl halides is 3. The molecule has 7 nitrogen and oxygen atoms in total. The Morgan fingerprint density at radius 3 is 2.35 bits per heavy atom. The lowest BCUT2D eigenvalue weighted by Gasteiger charge is -2.11. The van der Waals surface area contributed by atoms with Crippen molar-refractivity contribution in [1.82, 2.24) is 24.4 Å². The van der Waals surface area contributed by atoms with Gasteiger partial charge in [0.15, 0.2) is 22.9 Å². The molecule has 1 N–H and O–H groups in total. The number of hydrogen-bond donors (Lipinski definition) is 1. The first-order chi connectivity index (χ1) is 17.6. The van der Waals surface area contributed by atoms with Gasteiger partial charge in [0, 0.05) is 22.8 Å². The summed E-state index contributed by atoms with van der Waals surface area (Å²) >= 11 is 12.1. The molecule has 13 heteroatoms. The highest BCUT2D eigenvalue weighted by Gasteiger charge is 2.35. The molecule has 0 fully saturated rings. The highest BCUT2D eigenvalue weighted by Crippen LogP contribution is 2.32. The van der Waals surface area contributed by atoms with E-state index in [0.717, 1.165) is 29.8 Å². The quantitative estimate of drug-likeness (QED) is 0.259. The number of hydrogen-bond acceptors (Lipinski definition) is 4. The summed E-state index contributed by atoms with van der Waals surface area (Å²) in [6, 6.07) is 13.8. The molecule has 1 amide bonds. The van der Waals surface area contributed by atoms with Crippen LogP contribution in [0, 0.1) is 5.82 Å². The molecule has 0 spiro atoms. The summed E-state index contributed by atoms with van der Waals surface area (Å²) in [7, 11) is 0. The van der Waals surface area contributed by atoms with Crippen LogP contribution in [-0.2, 0) is 12.7 Å². The third-order valence-corrected chi connectivity index (χ3v) is 5.83. The lowest BCUT2D eigenvalue weighted by atomic mass is 10.1. The first-order valence-electron chi connectivity index (χ1n) is 10.6. The van der Waals surface area contributed by atoms with Gasteiger partial charge in [-0.25, -0.2) is 13.9 Å². The van der Waals surface area contributed by atoms with Crippen molar-refractivity contribution in [1.29, 1.82) is 0 Å². The minimum absolute atomic E-state index is 0.00805. The second kappa shape index (κ2) is 9.49. The number of fused-ring (bicyclic) bond motifs is 1. The molecule has 0 bridgehead atoms. The van der Waals surface area contributed by atoms with E-state index in [-0.39, 0.29) is 33.4 Å². The van der Waals surface area contributed by atoms with Gasteiger partial charge in [0.1, 0.15) is 10.8 Å². The van der Waals surface area contributed by atoms with E-state index in [0.29, 0.717) is 16.1 Å². The van der Waals surface area contributed by atoms with Crippen molar-refractivity contribution in [3.63, 3.8) is 0 Å². The largest absolute Gasteiger partial charge is 0.433 e. The molecule has 0 aliphatic carbocycles. The van der Waals surface area contributed by atoms with Crippen LogP contribution in [0.3, 0.4) is 0 Å². The average molecular weight is 549 g/mol. The second-order valence-corrected chi connectivity index (χ2v) is 8.78. The van der Waals surface area contributed by atoms with Crippen molar-refractivity contribution in [3.8, 4) is 11.3 Å². The van der Waals surface area contributed by atoms with E-state index in [2.05, 4.69) is 20.5 Å². The molecule has 0 radical (unpaired) electrons. The minimum Gasteiger partial charge on any atom is -0.302 e. The van der Waals surface area contributed by atoms with Crippen LogP contribution in [-0.4, -0.2) is 30.3 Å². The highest BCUT2D eigenvalue weighted by atomic mass is 35.5. The smallest absolute Gasteiger partial charge is 0.302 e. The van der Waals surface area contributed by atoms with Crippen molar-refractivity contribution in [2.45, 2.75) is 12.7 Å². The maximum atomic E-state index is 13.8. The molecule has 5 aromatic rings. The van der Waals surface area contributed by atoms with Crippen molar-refractivity contribution in [2.75, 3.05) is 5.32 Å². The number of carbonyl (C=O) groups excluding carboxylic acids is 1. The summed E-state index contributed by atoms with van der Waals surface area (Å²) < 4.78 is 56.7. The van der Waals surface area contributed by atoms with Gasteiger partial charge < -0.3 is 5.32 Å². The van der Waals surface area contributed by atoms with Crippen LogP contribution in [0.5, 0.6) is 0 Å². The lowest BCUT2D eigenvalue weighted by Crippen LogP contribution is -2.16. The van der Waals surface area contributed by atoms with Gasteiger partial charge in [0.05, 0.1) is 12.2 Å². The van der Waals surface area contributed by atoms with Gasteiger partial charge in [0.2, 0.25) is 0 Å². The van der Waals surface area contributed by atoms with Crippen LogP contribution in [0.15, 0.2) is 66.9 Å². The summed E-state index contributed by atoms with van der Waals surface area (Å²) in [6.45, 7) is 0.339. The summed E-state index contributed by atoms with van der Waals surface area (Å²) in [4.78, 5) is 17.0. The summed E-state index contributed by atoms with van der Waals surface area (Å²) in [5.74, 6) is -1.37. The van der Waals surface area contributed by atoms with Gasteiger partial charge in [0.25, 0.3) is 5.91 Å². The highest BCUT2D eigenvalue weighted by molar-refractivity contribution is 6.33. The first kappa shape index (κ1) is 24.7. The number of anilines is 1. The van der Waals surface area contributed by atoms with E-state index in [4.69, 9.17) is 23.2 Å². The van der Waals surface area contributed by atoms with Crippen molar-refractivity contribution in [2.24, 2.45) is 0 Å². The Labute approximate surface area is 216 Å². The average Bonchev–Trinajstić information content (AvgIpc) is 3.43. The van der Waals surface area contributed by atoms with Crippen LogP contribution in [0.4, 0.5) is 23.4 Å². The summed E-state index contributed by atoms with van der Waals surface area (Å²) in [5.41, 5.74) is -0.628. The van der Waals surface area contributed by atoms with E-state index in [1.54, 1.807) is 24.3 Å². The second-order valence-electron chi connectivity index (χ2n) is 7.93. The molecule has 0 aliphatic rings. The van der Waals surface area contributed by atoms with E-state index in [1.807, 2.05) is 0 Å². The number of rotatable bonds is 5. The van der Waals surface area contributed by atoms with Gasteiger partial charge in [-0.1, -0.05) is 35.3 Å². The molecule has 0 saturated carbocycles. The van der Waals surface area contributed by atoms with Crippen LogP contribution < -0.4 is 5.32 Å². The molecule has 37 heavy (non-hydrogen) atoms. The van der Waals surface area contributed by atoms with E-state index >= 15 is 0 Å². The molecular weight excluding hydrogens is 535 g/mol. The molecule has 188 valence electrons. The zero-order valence-corrected chi connectivity index (χ0v) is 20.0. The Kier molecular flexibility index (Phi) is 6.34. The van der Waals surface area contributed by atoms with Gasteiger partial charge in [-0.3, -0.25) is 9.48 Å². The molecule has 3 aromatic heterocycles. The van der Waals surface area contributed by atoms with Crippen molar-refractivity contribution >= 4 is 40.6 Å². The molecule has 0 saturated heterocycles. The van der Waals surface area contributed by atoms with Crippen molar-refractivity contribution < 1.29 is 22.4 Å². The number of halogens is 6.